The Morgan fingerprint density at radius 1 is 1.75 bits per heavy atom. The molecule has 12 heavy (non-hydrogen) atoms. The van der Waals surface area contributed by atoms with Crippen LogP contribution in [0, 0.1) is 0 Å². The van der Waals surface area contributed by atoms with Gasteiger partial charge in [0.05, 0.1) is 6.10 Å². The number of thiazole rings is 1. The summed E-state index contributed by atoms with van der Waals surface area (Å²) in [5, 5.41) is 6.21. The predicted octanol–water partition coefficient (Wildman–Crippen LogP) is 1.73. The minimum Gasteiger partial charge on any atom is -0.376 e. The third-order valence-electron chi connectivity index (χ3n) is 1.94. The number of rotatable bonds is 3. The van der Waals surface area contributed by atoms with E-state index in [4.69, 9.17) is 4.74 Å². The van der Waals surface area contributed by atoms with Gasteiger partial charge in [0, 0.05) is 24.7 Å². The number of hydrogen-bond acceptors (Lipinski definition) is 4. The molecule has 0 saturated carbocycles. The van der Waals surface area contributed by atoms with Gasteiger partial charge in [0.1, 0.15) is 0 Å². The van der Waals surface area contributed by atoms with E-state index in [2.05, 4.69) is 10.3 Å². The van der Waals surface area contributed by atoms with Crippen LogP contribution >= 0.6 is 11.3 Å². The first kappa shape index (κ1) is 8.01. The van der Waals surface area contributed by atoms with Gasteiger partial charge in [-0.05, 0) is 12.8 Å². The number of nitrogens with zero attached hydrogens (tertiary/aromatic N) is 1. The maximum Gasteiger partial charge on any atom is 0.182 e. The number of aromatic nitrogens is 1. The van der Waals surface area contributed by atoms with Crippen molar-refractivity contribution in [3.05, 3.63) is 11.6 Å². The van der Waals surface area contributed by atoms with Crippen LogP contribution in [0.2, 0.25) is 0 Å². The van der Waals surface area contributed by atoms with Crippen LogP contribution in [0.3, 0.4) is 0 Å². The minimum absolute atomic E-state index is 0.397. The van der Waals surface area contributed by atoms with Crippen LogP contribution in [0.5, 0.6) is 0 Å². The van der Waals surface area contributed by atoms with Gasteiger partial charge in [-0.15, -0.1) is 11.3 Å². The lowest BCUT2D eigenvalue weighted by Crippen LogP contribution is -2.18. The first-order valence-electron chi connectivity index (χ1n) is 4.20. The molecule has 0 spiro atoms. The monoisotopic (exact) mass is 184 g/mol. The topological polar surface area (TPSA) is 34.1 Å². The third kappa shape index (κ3) is 1.95. The highest BCUT2D eigenvalue weighted by atomic mass is 32.1. The predicted molar refractivity (Wildman–Crippen MR) is 49.6 cm³/mol. The van der Waals surface area contributed by atoms with Gasteiger partial charge < -0.3 is 10.1 Å². The van der Waals surface area contributed by atoms with Gasteiger partial charge in [-0.2, -0.15) is 0 Å². The molecule has 1 N–H and O–H groups in total. The van der Waals surface area contributed by atoms with Crippen molar-refractivity contribution in [1.82, 2.24) is 4.98 Å². The number of hydrogen-bond donors (Lipinski definition) is 1. The third-order valence-corrected chi connectivity index (χ3v) is 2.67. The van der Waals surface area contributed by atoms with Crippen LogP contribution in [-0.2, 0) is 4.74 Å². The summed E-state index contributed by atoms with van der Waals surface area (Å²) in [6.45, 7) is 1.82. The van der Waals surface area contributed by atoms with E-state index in [1.54, 1.807) is 11.3 Å². The van der Waals surface area contributed by atoms with Crippen LogP contribution in [0.15, 0.2) is 11.6 Å². The number of nitrogens with one attached hydrogen (secondary N) is 1. The number of ether oxygens (including phenoxy) is 1. The maximum atomic E-state index is 5.47. The second kappa shape index (κ2) is 3.87. The zero-order valence-electron chi connectivity index (χ0n) is 6.82. The van der Waals surface area contributed by atoms with Gasteiger partial charge >= 0.3 is 0 Å². The summed E-state index contributed by atoms with van der Waals surface area (Å²) >= 11 is 1.63. The molecule has 1 aromatic heterocycles. The van der Waals surface area contributed by atoms with E-state index in [-0.39, 0.29) is 0 Å². The van der Waals surface area contributed by atoms with Crippen LogP contribution in [0.4, 0.5) is 5.13 Å². The molecule has 66 valence electrons. The quantitative estimate of drug-likeness (QED) is 0.777. The maximum absolute atomic E-state index is 5.47. The Hall–Kier alpha value is -0.610. The van der Waals surface area contributed by atoms with E-state index >= 15 is 0 Å². The molecule has 0 radical (unpaired) electrons. The SMILES string of the molecule is c1csc(NCC2CCCO2)n1. The molecule has 0 bridgehead atoms. The van der Waals surface area contributed by atoms with Gasteiger partial charge in [0.15, 0.2) is 5.13 Å². The van der Waals surface area contributed by atoms with Crippen molar-refractivity contribution in [2.75, 3.05) is 18.5 Å². The van der Waals surface area contributed by atoms with Crippen molar-refractivity contribution in [2.24, 2.45) is 0 Å². The van der Waals surface area contributed by atoms with Crippen LogP contribution in [0.25, 0.3) is 0 Å². The number of anilines is 1. The molecule has 0 amide bonds. The fourth-order valence-electron chi connectivity index (χ4n) is 1.32. The van der Waals surface area contributed by atoms with E-state index in [1.165, 1.54) is 12.8 Å². The molecule has 1 fully saturated rings. The van der Waals surface area contributed by atoms with E-state index in [1.807, 2.05) is 11.6 Å². The Balaban J connectivity index is 1.74. The molecule has 2 rings (SSSR count). The normalized spacial score (nSPS) is 22.8. The van der Waals surface area contributed by atoms with Gasteiger partial charge in [0.2, 0.25) is 0 Å². The zero-order valence-corrected chi connectivity index (χ0v) is 7.64. The molecule has 3 nitrogen and oxygen atoms in total. The standard InChI is InChI=1S/C8H12N2OS/c1-2-7(11-4-1)6-10-8-9-3-5-12-8/h3,5,7H,1-2,4,6H2,(H,9,10). The van der Waals surface area contributed by atoms with E-state index in [0.717, 1.165) is 18.3 Å². The lowest BCUT2D eigenvalue weighted by molar-refractivity contribution is 0.120. The molecule has 1 aromatic rings. The van der Waals surface area contributed by atoms with Crippen molar-refractivity contribution < 1.29 is 4.74 Å². The summed E-state index contributed by atoms with van der Waals surface area (Å²) in [6.07, 6.45) is 4.58. The van der Waals surface area contributed by atoms with Crippen molar-refractivity contribution in [2.45, 2.75) is 18.9 Å². The summed E-state index contributed by atoms with van der Waals surface area (Å²) in [7, 11) is 0. The minimum atomic E-state index is 0.397. The molecule has 1 aliphatic heterocycles. The molecule has 2 heterocycles. The molecule has 1 saturated heterocycles. The van der Waals surface area contributed by atoms with Gasteiger partial charge in [-0.25, -0.2) is 4.98 Å². The van der Waals surface area contributed by atoms with Crippen LogP contribution in [-0.4, -0.2) is 24.2 Å². The molecular weight excluding hydrogens is 172 g/mol. The molecular formula is C8H12N2OS. The Bertz CT molecular complexity index is 219. The van der Waals surface area contributed by atoms with Gasteiger partial charge in [0.25, 0.3) is 0 Å². The Labute approximate surface area is 75.8 Å². The fraction of sp³-hybridized carbons (Fsp3) is 0.625. The Morgan fingerprint density at radius 3 is 3.42 bits per heavy atom. The molecule has 0 aromatic carbocycles. The van der Waals surface area contributed by atoms with E-state index < -0.39 is 0 Å². The highest BCUT2D eigenvalue weighted by Crippen LogP contribution is 2.14. The molecule has 0 aliphatic carbocycles. The first-order chi connectivity index (χ1) is 5.95. The highest BCUT2D eigenvalue weighted by molar-refractivity contribution is 7.13. The summed E-state index contributed by atoms with van der Waals surface area (Å²) in [4.78, 5) is 4.13. The largest absolute Gasteiger partial charge is 0.376 e. The summed E-state index contributed by atoms with van der Waals surface area (Å²) in [5.41, 5.74) is 0. The van der Waals surface area contributed by atoms with E-state index in [9.17, 15) is 0 Å². The van der Waals surface area contributed by atoms with Crippen LogP contribution in [0.1, 0.15) is 12.8 Å². The van der Waals surface area contributed by atoms with Crippen molar-refractivity contribution >= 4 is 16.5 Å². The van der Waals surface area contributed by atoms with Crippen LogP contribution < -0.4 is 5.32 Å². The van der Waals surface area contributed by atoms with E-state index in [0.29, 0.717) is 6.10 Å². The lowest BCUT2D eigenvalue weighted by Gasteiger charge is -2.08. The molecule has 4 heteroatoms. The Morgan fingerprint density at radius 2 is 2.75 bits per heavy atom. The first-order valence-corrected chi connectivity index (χ1v) is 5.08. The lowest BCUT2D eigenvalue weighted by atomic mass is 10.2. The average molecular weight is 184 g/mol. The smallest absolute Gasteiger partial charge is 0.182 e. The van der Waals surface area contributed by atoms with Crippen molar-refractivity contribution in [3.63, 3.8) is 0 Å². The average Bonchev–Trinajstić information content (AvgIpc) is 2.74. The van der Waals surface area contributed by atoms with Gasteiger partial charge in [-0.1, -0.05) is 0 Å². The molecule has 1 aliphatic rings. The fourth-order valence-corrected chi connectivity index (χ4v) is 1.86. The second-order valence-electron chi connectivity index (χ2n) is 2.85. The Kier molecular flexibility index (Phi) is 2.58. The van der Waals surface area contributed by atoms with Gasteiger partial charge in [-0.3, -0.25) is 0 Å². The van der Waals surface area contributed by atoms with Crippen molar-refractivity contribution in [3.8, 4) is 0 Å². The second-order valence-corrected chi connectivity index (χ2v) is 3.75. The molecule has 1 unspecified atom stereocenters. The molecule has 1 atom stereocenters. The highest BCUT2D eigenvalue weighted by Gasteiger charge is 2.14. The van der Waals surface area contributed by atoms with Crippen molar-refractivity contribution in [1.29, 1.82) is 0 Å². The summed E-state index contributed by atoms with van der Waals surface area (Å²) < 4.78 is 5.47. The zero-order chi connectivity index (χ0) is 8.23. The summed E-state index contributed by atoms with van der Waals surface area (Å²) in [5.74, 6) is 0. The summed E-state index contributed by atoms with van der Waals surface area (Å²) in [6, 6.07) is 0.